The minimum atomic E-state index is -1.37. The number of piperazine rings is 1. The van der Waals surface area contributed by atoms with Gasteiger partial charge < -0.3 is 14.5 Å². The fourth-order valence-corrected chi connectivity index (χ4v) is 4.95. The number of hydrogen-bond donors (Lipinski definition) is 0. The number of imide groups is 1. The van der Waals surface area contributed by atoms with Gasteiger partial charge in [0.1, 0.15) is 5.75 Å². The lowest BCUT2D eigenvalue weighted by atomic mass is 9.75. The summed E-state index contributed by atoms with van der Waals surface area (Å²) in [5.41, 5.74) is 0.0149. The number of ether oxygens (including phenoxy) is 1. The first-order chi connectivity index (χ1) is 16.2. The van der Waals surface area contributed by atoms with Gasteiger partial charge in [0.05, 0.1) is 19.1 Å². The molecule has 2 aromatic carbocycles. The maximum Gasteiger partial charge on any atom is 0.242 e. The van der Waals surface area contributed by atoms with Gasteiger partial charge in [0.2, 0.25) is 23.6 Å². The maximum absolute atomic E-state index is 13.3. The molecule has 0 spiro atoms. The van der Waals surface area contributed by atoms with E-state index in [9.17, 15) is 19.2 Å². The summed E-state index contributed by atoms with van der Waals surface area (Å²) in [6, 6.07) is 14.3. The van der Waals surface area contributed by atoms with E-state index in [1.54, 1.807) is 36.3 Å². The molecule has 9 heteroatoms. The number of carbonyl (C=O) groups excluding carboxylic acids is 4. The molecule has 8 nitrogen and oxygen atoms in total. The van der Waals surface area contributed by atoms with Crippen LogP contribution in [0.3, 0.4) is 0 Å². The largest absolute Gasteiger partial charge is 0.497 e. The molecule has 2 aromatic rings. The first-order valence-corrected chi connectivity index (χ1v) is 11.4. The number of benzene rings is 2. The summed E-state index contributed by atoms with van der Waals surface area (Å²) in [5.74, 6) is -0.644. The summed E-state index contributed by atoms with van der Waals surface area (Å²) >= 11 is 6.39. The average molecular weight is 484 g/mol. The number of likely N-dealkylation sites (tertiary alicyclic amines) is 1. The van der Waals surface area contributed by atoms with Crippen molar-refractivity contribution in [1.29, 1.82) is 0 Å². The Morgan fingerprint density at radius 2 is 1.82 bits per heavy atom. The molecule has 1 atom stereocenters. The van der Waals surface area contributed by atoms with Crippen molar-refractivity contribution in [1.82, 2.24) is 14.7 Å². The topological polar surface area (TPSA) is 87.2 Å². The zero-order valence-corrected chi connectivity index (χ0v) is 19.9. The second-order valence-electron chi connectivity index (χ2n) is 8.66. The van der Waals surface area contributed by atoms with Crippen LogP contribution in [0.2, 0.25) is 5.02 Å². The Kier molecular flexibility index (Phi) is 6.61. The molecule has 0 aromatic heterocycles. The van der Waals surface area contributed by atoms with Gasteiger partial charge in [-0.15, -0.1) is 0 Å². The van der Waals surface area contributed by atoms with Crippen LogP contribution in [0.25, 0.3) is 0 Å². The lowest BCUT2D eigenvalue weighted by Gasteiger charge is -2.36. The van der Waals surface area contributed by atoms with E-state index < -0.39 is 11.3 Å². The Bertz CT molecular complexity index is 1150. The lowest BCUT2D eigenvalue weighted by molar-refractivity contribution is -0.147. The van der Waals surface area contributed by atoms with Crippen LogP contribution in [0.1, 0.15) is 24.0 Å². The van der Waals surface area contributed by atoms with Crippen molar-refractivity contribution in [3.05, 3.63) is 64.7 Å². The van der Waals surface area contributed by atoms with E-state index in [1.165, 1.54) is 11.9 Å². The number of rotatable bonds is 6. The Labute approximate surface area is 203 Å². The van der Waals surface area contributed by atoms with Gasteiger partial charge >= 0.3 is 0 Å². The summed E-state index contributed by atoms with van der Waals surface area (Å²) in [5, 5.41) is 0.325. The van der Waals surface area contributed by atoms with Crippen LogP contribution in [0.15, 0.2) is 48.5 Å². The highest BCUT2D eigenvalue weighted by molar-refractivity contribution is 6.32. The van der Waals surface area contributed by atoms with Gasteiger partial charge in [0, 0.05) is 44.5 Å². The SMILES string of the molecule is COc1cccc(CN2CCN(C(=O)CC3(c4ccccc4Cl)CC(=O)N(C)C3=O)CC2=O)c1. The van der Waals surface area contributed by atoms with E-state index in [2.05, 4.69) is 0 Å². The summed E-state index contributed by atoms with van der Waals surface area (Å²) in [7, 11) is 3.00. The molecule has 0 N–H and O–H groups in total. The number of methoxy groups -OCH3 is 1. The van der Waals surface area contributed by atoms with E-state index >= 15 is 0 Å². The Balaban J connectivity index is 1.49. The highest BCUT2D eigenvalue weighted by atomic mass is 35.5. The maximum atomic E-state index is 13.3. The highest BCUT2D eigenvalue weighted by Gasteiger charge is 2.54. The van der Waals surface area contributed by atoms with Crippen LogP contribution in [0.4, 0.5) is 0 Å². The van der Waals surface area contributed by atoms with Gasteiger partial charge in [0.15, 0.2) is 0 Å². The molecule has 0 aliphatic carbocycles. The third-order valence-corrected chi connectivity index (χ3v) is 6.89. The molecule has 4 rings (SSSR count). The summed E-state index contributed by atoms with van der Waals surface area (Å²) in [6.45, 7) is 1.04. The molecule has 2 heterocycles. The van der Waals surface area contributed by atoms with E-state index in [1.807, 2.05) is 24.3 Å². The van der Waals surface area contributed by atoms with Crippen LogP contribution in [0, 0.1) is 0 Å². The van der Waals surface area contributed by atoms with Crippen LogP contribution in [-0.4, -0.2) is 72.1 Å². The monoisotopic (exact) mass is 483 g/mol. The summed E-state index contributed by atoms with van der Waals surface area (Å²) in [4.78, 5) is 55.9. The molecule has 0 saturated carbocycles. The molecule has 0 radical (unpaired) electrons. The van der Waals surface area contributed by atoms with Gasteiger partial charge in [-0.1, -0.05) is 41.9 Å². The van der Waals surface area contributed by atoms with Gasteiger partial charge in [-0.2, -0.15) is 0 Å². The minimum absolute atomic E-state index is 0.0839. The van der Waals surface area contributed by atoms with Crippen molar-refractivity contribution in [3.8, 4) is 5.75 Å². The molecule has 1 unspecified atom stereocenters. The molecule has 4 amide bonds. The Hall–Kier alpha value is -3.39. The van der Waals surface area contributed by atoms with Gasteiger partial charge in [0.25, 0.3) is 0 Å². The number of hydrogen-bond acceptors (Lipinski definition) is 5. The van der Waals surface area contributed by atoms with Crippen molar-refractivity contribution < 1.29 is 23.9 Å². The molecule has 2 aliphatic heterocycles. The van der Waals surface area contributed by atoms with E-state index in [4.69, 9.17) is 16.3 Å². The highest BCUT2D eigenvalue weighted by Crippen LogP contribution is 2.42. The van der Waals surface area contributed by atoms with Crippen LogP contribution in [0.5, 0.6) is 5.75 Å². The number of likely N-dealkylation sites (N-methyl/N-ethyl adjacent to an activating group) is 1. The van der Waals surface area contributed by atoms with E-state index in [0.717, 1.165) is 10.5 Å². The quantitative estimate of drug-likeness (QED) is 0.588. The van der Waals surface area contributed by atoms with Crippen molar-refractivity contribution in [3.63, 3.8) is 0 Å². The molecular formula is C25H26ClN3O5. The Morgan fingerprint density at radius 1 is 1.06 bits per heavy atom. The van der Waals surface area contributed by atoms with Crippen LogP contribution < -0.4 is 4.74 Å². The normalized spacial score (nSPS) is 20.8. The van der Waals surface area contributed by atoms with E-state index in [0.29, 0.717) is 36.0 Å². The number of carbonyl (C=O) groups is 4. The van der Waals surface area contributed by atoms with Gasteiger partial charge in [-0.25, -0.2) is 0 Å². The van der Waals surface area contributed by atoms with Gasteiger partial charge in [-0.05, 0) is 29.3 Å². The second kappa shape index (κ2) is 9.46. The smallest absolute Gasteiger partial charge is 0.242 e. The van der Waals surface area contributed by atoms with Crippen LogP contribution >= 0.6 is 11.6 Å². The van der Waals surface area contributed by atoms with Crippen molar-refractivity contribution in [2.75, 3.05) is 33.8 Å². The van der Waals surface area contributed by atoms with Crippen molar-refractivity contribution in [2.45, 2.75) is 24.8 Å². The third-order valence-electron chi connectivity index (χ3n) is 6.56. The zero-order chi connectivity index (χ0) is 24.5. The third kappa shape index (κ3) is 4.37. The molecule has 178 valence electrons. The predicted molar refractivity (Wildman–Crippen MR) is 125 cm³/mol. The average Bonchev–Trinajstić information content (AvgIpc) is 3.04. The van der Waals surface area contributed by atoms with Crippen LogP contribution in [-0.2, 0) is 31.1 Å². The lowest BCUT2D eigenvalue weighted by Crippen LogP contribution is -2.53. The zero-order valence-electron chi connectivity index (χ0n) is 19.1. The minimum Gasteiger partial charge on any atom is -0.497 e. The first kappa shape index (κ1) is 23.8. The molecule has 0 bridgehead atoms. The summed E-state index contributed by atoms with van der Waals surface area (Å²) < 4.78 is 5.24. The van der Waals surface area contributed by atoms with Crippen molar-refractivity contribution in [2.24, 2.45) is 0 Å². The fourth-order valence-electron chi connectivity index (χ4n) is 4.63. The molecule has 2 fully saturated rings. The Morgan fingerprint density at radius 3 is 2.47 bits per heavy atom. The summed E-state index contributed by atoms with van der Waals surface area (Å²) in [6.07, 6.45) is -0.365. The number of amides is 4. The standard InChI is InChI=1S/C25H26ClN3O5/c1-27-21(30)13-25(24(27)33,19-8-3-4-9-20(19)26)14-22(31)29-11-10-28(23(32)16-29)15-17-6-5-7-18(12-17)34-2/h3-9,12H,10-11,13-16H2,1-2H3. The van der Waals surface area contributed by atoms with Crippen molar-refractivity contribution >= 4 is 35.2 Å². The van der Waals surface area contributed by atoms with E-state index in [-0.39, 0.29) is 37.1 Å². The molecule has 34 heavy (non-hydrogen) atoms. The molecule has 2 aliphatic rings. The number of halogens is 1. The molecule has 2 saturated heterocycles. The second-order valence-corrected chi connectivity index (χ2v) is 9.06. The predicted octanol–water partition coefficient (Wildman–Crippen LogP) is 2.24. The number of nitrogens with zero attached hydrogens (tertiary/aromatic N) is 3. The fraction of sp³-hybridized carbons (Fsp3) is 0.360. The molecular weight excluding hydrogens is 458 g/mol. The first-order valence-electron chi connectivity index (χ1n) is 11.0. The van der Waals surface area contributed by atoms with Gasteiger partial charge in [-0.3, -0.25) is 24.1 Å².